The van der Waals surface area contributed by atoms with Gasteiger partial charge in [0.25, 0.3) is 5.91 Å². The summed E-state index contributed by atoms with van der Waals surface area (Å²) in [6.07, 6.45) is -3.71. The molecule has 146 valence electrons. The summed E-state index contributed by atoms with van der Waals surface area (Å²) in [5.41, 5.74) is -0.885. The Morgan fingerprint density at radius 1 is 0.964 bits per heavy atom. The van der Waals surface area contributed by atoms with E-state index in [0.717, 1.165) is 30.7 Å². The maximum atomic E-state index is 12.7. The van der Waals surface area contributed by atoms with Gasteiger partial charge in [-0.2, -0.15) is 13.2 Å². The molecule has 28 heavy (non-hydrogen) atoms. The molecule has 1 heterocycles. The van der Waals surface area contributed by atoms with E-state index in [9.17, 15) is 27.9 Å². The van der Waals surface area contributed by atoms with Crippen molar-refractivity contribution < 1.29 is 32.6 Å². The van der Waals surface area contributed by atoms with Gasteiger partial charge in [-0.3, -0.25) is 9.59 Å². The number of benzene rings is 2. The largest absolute Gasteiger partial charge is 0.502 e. The first-order valence-electron chi connectivity index (χ1n) is 8.46. The fourth-order valence-electron chi connectivity index (χ4n) is 2.75. The Morgan fingerprint density at radius 2 is 1.57 bits per heavy atom. The van der Waals surface area contributed by atoms with E-state index in [1.807, 2.05) is 6.92 Å². The number of aliphatic hydroxyl groups is 1. The summed E-state index contributed by atoms with van der Waals surface area (Å²) < 4.78 is 43.5. The van der Waals surface area contributed by atoms with E-state index in [0.29, 0.717) is 22.8 Å². The van der Waals surface area contributed by atoms with Crippen LogP contribution in [0, 0.1) is 0 Å². The lowest BCUT2D eigenvalue weighted by Gasteiger charge is -2.15. The van der Waals surface area contributed by atoms with Crippen LogP contribution in [0.3, 0.4) is 0 Å². The molecular formula is C20H16F3NO4. The molecule has 0 spiro atoms. The highest BCUT2D eigenvalue weighted by atomic mass is 19.4. The molecular weight excluding hydrogens is 375 g/mol. The molecule has 3 rings (SSSR count). The Morgan fingerprint density at radius 3 is 2.11 bits per heavy atom. The standard InChI is InChI=1S/C20H16F3NO4/c1-2-11-28-15-9-3-12(4-10-15)16-17(25)19(27)24(18(16)26)14-7-5-13(6-8-14)20(21,22)23/h3-10,25H,2,11H2,1H3. The van der Waals surface area contributed by atoms with Gasteiger partial charge in [-0.15, -0.1) is 0 Å². The maximum Gasteiger partial charge on any atom is 0.416 e. The second kappa shape index (κ2) is 7.38. The van der Waals surface area contributed by atoms with Crippen LogP contribution in [0.1, 0.15) is 24.5 Å². The number of carbonyl (C=O) groups is 2. The highest BCUT2D eigenvalue weighted by molar-refractivity contribution is 6.44. The molecule has 8 heteroatoms. The number of imide groups is 1. The van der Waals surface area contributed by atoms with E-state index in [1.165, 1.54) is 12.1 Å². The van der Waals surface area contributed by atoms with Gasteiger partial charge in [-0.25, -0.2) is 4.90 Å². The normalized spacial score (nSPS) is 14.8. The maximum absolute atomic E-state index is 12.7. The lowest BCUT2D eigenvalue weighted by molar-refractivity contribution is -0.137. The van der Waals surface area contributed by atoms with Crippen LogP contribution in [0.5, 0.6) is 5.75 Å². The van der Waals surface area contributed by atoms with Crippen LogP contribution in [-0.4, -0.2) is 23.5 Å². The molecule has 1 aliphatic rings. The van der Waals surface area contributed by atoms with Gasteiger partial charge in [-0.1, -0.05) is 19.1 Å². The topological polar surface area (TPSA) is 66.8 Å². The van der Waals surface area contributed by atoms with Crippen molar-refractivity contribution in [2.45, 2.75) is 19.5 Å². The Labute approximate surface area is 158 Å². The van der Waals surface area contributed by atoms with Crippen LogP contribution < -0.4 is 9.64 Å². The van der Waals surface area contributed by atoms with Crippen molar-refractivity contribution in [2.24, 2.45) is 0 Å². The van der Waals surface area contributed by atoms with Gasteiger partial charge in [0.05, 0.1) is 23.4 Å². The Kier molecular flexibility index (Phi) is 5.13. The number of hydrogen-bond donors (Lipinski definition) is 1. The molecule has 0 fully saturated rings. The molecule has 5 nitrogen and oxygen atoms in total. The van der Waals surface area contributed by atoms with Crippen molar-refractivity contribution in [3.05, 3.63) is 65.4 Å². The molecule has 0 saturated heterocycles. The average molecular weight is 391 g/mol. The third-order valence-electron chi connectivity index (χ3n) is 4.13. The zero-order valence-corrected chi connectivity index (χ0v) is 14.8. The van der Waals surface area contributed by atoms with Gasteiger partial charge >= 0.3 is 12.1 Å². The van der Waals surface area contributed by atoms with E-state index in [-0.39, 0.29) is 11.3 Å². The number of carbonyl (C=O) groups excluding carboxylic acids is 2. The van der Waals surface area contributed by atoms with Crippen molar-refractivity contribution in [1.29, 1.82) is 0 Å². The number of ether oxygens (including phenoxy) is 1. The monoisotopic (exact) mass is 391 g/mol. The van der Waals surface area contributed by atoms with Gasteiger partial charge in [0.15, 0.2) is 5.76 Å². The van der Waals surface area contributed by atoms with Gasteiger partial charge in [0.2, 0.25) is 0 Å². The second-order valence-electron chi connectivity index (χ2n) is 6.09. The zero-order chi connectivity index (χ0) is 20.5. The molecule has 0 bridgehead atoms. The highest BCUT2D eigenvalue weighted by Gasteiger charge is 2.40. The predicted octanol–water partition coefficient (Wildman–Crippen LogP) is 4.34. The van der Waals surface area contributed by atoms with Crippen LogP contribution in [0.25, 0.3) is 5.57 Å². The lowest BCUT2D eigenvalue weighted by Crippen LogP contribution is -2.31. The van der Waals surface area contributed by atoms with Crippen molar-refractivity contribution in [2.75, 3.05) is 11.5 Å². The number of rotatable bonds is 5. The van der Waals surface area contributed by atoms with Crippen LogP contribution >= 0.6 is 0 Å². The second-order valence-corrected chi connectivity index (χ2v) is 6.09. The van der Waals surface area contributed by atoms with E-state index in [4.69, 9.17) is 4.74 Å². The molecule has 0 saturated carbocycles. The van der Waals surface area contributed by atoms with Gasteiger partial charge in [0, 0.05) is 0 Å². The minimum Gasteiger partial charge on any atom is -0.502 e. The number of amides is 2. The molecule has 0 unspecified atom stereocenters. The van der Waals surface area contributed by atoms with Gasteiger partial charge < -0.3 is 9.84 Å². The Hall–Kier alpha value is -3.29. The molecule has 2 amide bonds. The van der Waals surface area contributed by atoms with Crippen LogP contribution in [-0.2, 0) is 15.8 Å². The summed E-state index contributed by atoms with van der Waals surface area (Å²) in [5.74, 6) is -2.00. The number of halogens is 3. The molecule has 1 aliphatic heterocycles. The number of alkyl halides is 3. The quantitative estimate of drug-likeness (QED) is 0.771. The summed E-state index contributed by atoms with van der Waals surface area (Å²) in [6, 6.07) is 9.81. The van der Waals surface area contributed by atoms with E-state index in [2.05, 4.69) is 0 Å². The van der Waals surface area contributed by atoms with Crippen molar-refractivity contribution >= 4 is 23.1 Å². The summed E-state index contributed by atoms with van der Waals surface area (Å²) in [7, 11) is 0. The van der Waals surface area contributed by atoms with Crippen molar-refractivity contribution in [3.63, 3.8) is 0 Å². The molecule has 0 aliphatic carbocycles. The molecule has 0 aromatic heterocycles. The summed E-state index contributed by atoms with van der Waals surface area (Å²) in [4.78, 5) is 25.7. The average Bonchev–Trinajstić information content (AvgIpc) is 2.89. The Bertz CT molecular complexity index is 931. The third-order valence-corrected chi connectivity index (χ3v) is 4.13. The predicted molar refractivity (Wildman–Crippen MR) is 95.7 cm³/mol. The van der Waals surface area contributed by atoms with E-state index in [1.54, 1.807) is 12.1 Å². The minimum atomic E-state index is -4.54. The molecule has 2 aromatic rings. The summed E-state index contributed by atoms with van der Waals surface area (Å²) in [5, 5.41) is 10.2. The zero-order valence-electron chi connectivity index (χ0n) is 14.8. The molecule has 0 radical (unpaired) electrons. The van der Waals surface area contributed by atoms with Gasteiger partial charge in [0.1, 0.15) is 5.75 Å². The number of nitrogens with zero attached hydrogens (tertiary/aromatic N) is 1. The summed E-state index contributed by atoms with van der Waals surface area (Å²) >= 11 is 0. The van der Waals surface area contributed by atoms with Gasteiger partial charge in [-0.05, 0) is 48.4 Å². The number of anilines is 1. The molecule has 1 N–H and O–H groups in total. The van der Waals surface area contributed by atoms with E-state index < -0.39 is 29.3 Å². The highest BCUT2D eigenvalue weighted by Crippen LogP contribution is 2.35. The molecule has 0 atom stereocenters. The third kappa shape index (κ3) is 3.58. The SMILES string of the molecule is CCCOc1ccc(C2=C(O)C(=O)N(c3ccc(C(F)(F)F)cc3)C2=O)cc1. The van der Waals surface area contributed by atoms with Crippen molar-refractivity contribution in [3.8, 4) is 5.75 Å². The smallest absolute Gasteiger partial charge is 0.416 e. The number of aliphatic hydroxyl groups excluding tert-OH is 1. The summed E-state index contributed by atoms with van der Waals surface area (Å²) in [6.45, 7) is 2.47. The first kappa shape index (κ1) is 19.5. The fraction of sp³-hybridized carbons (Fsp3) is 0.200. The first-order valence-corrected chi connectivity index (χ1v) is 8.46. The van der Waals surface area contributed by atoms with Crippen molar-refractivity contribution in [1.82, 2.24) is 0 Å². The minimum absolute atomic E-state index is 0.0625. The first-order chi connectivity index (χ1) is 13.2. The van der Waals surface area contributed by atoms with Crippen LogP contribution in [0.2, 0.25) is 0 Å². The lowest BCUT2D eigenvalue weighted by atomic mass is 10.1. The fourth-order valence-corrected chi connectivity index (χ4v) is 2.75. The van der Waals surface area contributed by atoms with Crippen LogP contribution in [0.15, 0.2) is 54.3 Å². The number of hydrogen-bond acceptors (Lipinski definition) is 4. The van der Waals surface area contributed by atoms with Crippen LogP contribution in [0.4, 0.5) is 18.9 Å². The Balaban J connectivity index is 1.88. The van der Waals surface area contributed by atoms with E-state index >= 15 is 0 Å². The molecule has 2 aromatic carbocycles.